The van der Waals surface area contributed by atoms with Crippen LogP contribution in [0.1, 0.15) is 20.8 Å². The van der Waals surface area contributed by atoms with E-state index in [1.807, 2.05) is 0 Å². The van der Waals surface area contributed by atoms with Crippen molar-refractivity contribution in [3.05, 3.63) is 23.2 Å². The minimum absolute atomic E-state index is 0.0262. The number of benzene rings is 1. The first kappa shape index (κ1) is 14.1. The van der Waals surface area contributed by atoms with Crippen LogP contribution < -0.4 is 9.44 Å². The van der Waals surface area contributed by atoms with Crippen LogP contribution in [-0.4, -0.2) is 19.1 Å². The molecule has 1 aromatic carbocycles. The van der Waals surface area contributed by atoms with Gasteiger partial charge in [0.25, 0.3) is 10.2 Å². The van der Waals surface area contributed by atoms with Gasteiger partial charge in [0.15, 0.2) is 0 Å². The third-order valence-corrected chi connectivity index (χ3v) is 3.32. The highest BCUT2D eigenvalue weighted by atomic mass is 35.5. The average molecular weight is 279 g/mol. The van der Waals surface area contributed by atoms with Crippen LogP contribution in [0.15, 0.2) is 18.2 Å². The Labute approximate surface area is 106 Å². The lowest BCUT2D eigenvalue weighted by atomic mass is 10.1. The maximum absolute atomic E-state index is 11.7. The highest BCUT2D eigenvalue weighted by molar-refractivity contribution is 7.90. The van der Waals surface area contributed by atoms with Gasteiger partial charge < -0.3 is 5.11 Å². The van der Waals surface area contributed by atoms with Crippen LogP contribution in [0.2, 0.25) is 5.02 Å². The first-order valence-electron chi connectivity index (χ1n) is 4.89. The number of aromatic hydroxyl groups is 1. The Kier molecular flexibility index (Phi) is 3.91. The molecule has 0 atom stereocenters. The normalized spacial score (nSPS) is 12.5. The van der Waals surface area contributed by atoms with Gasteiger partial charge in [-0.15, -0.1) is 0 Å². The number of anilines is 1. The van der Waals surface area contributed by atoms with Crippen molar-refractivity contribution in [3.8, 4) is 5.75 Å². The molecule has 7 heteroatoms. The van der Waals surface area contributed by atoms with Crippen molar-refractivity contribution in [2.45, 2.75) is 26.3 Å². The van der Waals surface area contributed by atoms with Crippen molar-refractivity contribution < 1.29 is 13.5 Å². The molecule has 5 nitrogen and oxygen atoms in total. The Morgan fingerprint density at radius 1 is 1.29 bits per heavy atom. The van der Waals surface area contributed by atoms with Gasteiger partial charge in [0, 0.05) is 11.6 Å². The van der Waals surface area contributed by atoms with E-state index in [0.717, 1.165) is 0 Å². The lowest BCUT2D eigenvalue weighted by Crippen LogP contribution is -2.43. The van der Waals surface area contributed by atoms with E-state index in [1.54, 1.807) is 20.8 Å². The first-order valence-corrected chi connectivity index (χ1v) is 6.75. The standard InChI is InChI=1S/C10H15ClN2O3S/c1-10(2,3)13-17(15,16)12-9-5-4-7(14)6-8(9)11/h4-6,12-14H,1-3H3. The second kappa shape index (κ2) is 4.72. The molecule has 0 spiro atoms. The summed E-state index contributed by atoms with van der Waals surface area (Å²) in [4.78, 5) is 0. The van der Waals surface area contributed by atoms with Crippen molar-refractivity contribution in [1.29, 1.82) is 0 Å². The molecule has 0 aromatic heterocycles. The summed E-state index contributed by atoms with van der Waals surface area (Å²) in [6, 6.07) is 4.00. The number of halogens is 1. The van der Waals surface area contributed by atoms with Gasteiger partial charge in [-0.2, -0.15) is 13.1 Å². The molecule has 17 heavy (non-hydrogen) atoms. The summed E-state index contributed by atoms with van der Waals surface area (Å²) in [5, 5.41) is 9.27. The van der Waals surface area contributed by atoms with Crippen LogP contribution >= 0.6 is 11.6 Å². The molecule has 0 amide bonds. The lowest BCUT2D eigenvalue weighted by Gasteiger charge is -2.21. The molecule has 0 aliphatic rings. The van der Waals surface area contributed by atoms with Crippen LogP contribution in [0.25, 0.3) is 0 Å². The third kappa shape index (κ3) is 4.80. The van der Waals surface area contributed by atoms with Crippen molar-refractivity contribution in [1.82, 2.24) is 4.72 Å². The minimum atomic E-state index is -3.69. The summed E-state index contributed by atoms with van der Waals surface area (Å²) in [5.74, 6) is -0.0262. The van der Waals surface area contributed by atoms with Crippen LogP contribution in [0.3, 0.4) is 0 Å². The predicted octanol–water partition coefficient (Wildman–Crippen LogP) is 2.09. The van der Waals surface area contributed by atoms with Crippen LogP contribution in [0, 0.1) is 0 Å². The van der Waals surface area contributed by atoms with Crippen molar-refractivity contribution in [3.63, 3.8) is 0 Å². The molecule has 0 aliphatic heterocycles. The fourth-order valence-corrected chi connectivity index (χ4v) is 2.76. The molecule has 0 aliphatic carbocycles. The number of hydrogen-bond acceptors (Lipinski definition) is 3. The smallest absolute Gasteiger partial charge is 0.299 e. The van der Waals surface area contributed by atoms with Gasteiger partial charge in [0.2, 0.25) is 0 Å². The van der Waals surface area contributed by atoms with Gasteiger partial charge in [-0.3, -0.25) is 4.72 Å². The maximum atomic E-state index is 11.7. The van der Waals surface area contributed by atoms with Gasteiger partial charge in [0.1, 0.15) is 5.75 Å². The number of hydrogen-bond donors (Lipinski definition) is 3. The molecule has 0 radical (unpaired) electrons. The largest absolute Gasteiger partial charge is 0.508 e. The Morgan fingerprint density at radius 2 is 1.88 bits per heavy atom. The fourth-order valence-electron chi connectivity index (χ4n) is 1.16. The number of nitrogens with one attached hydrogen (secondary N) is 2. The van der Waals surface area contributed by atoms with Crippen molar-refractivity contribution in [2.75, 3.05) is 4.72 Å². The topological polar surface area (TPSA) is 78.4 Å². The van der Waals surface area contributed by atoms with Crippen LogP contribution in [0.5, 0.6) is 5.75 Å². The summed E-state index contributed by atoms with van der Waals surface area (Å²) in [7, 11) is -3.69. The first-order chi connectivity index (χ1) is 7.59. The molecule has 0 saturated carbocycles. The molecule has 0 unspecified atom stereocenters. The van der Waals surface area contributed by atoms with E-state index >= 15 is 0 Å². The summed E-state index contributed by atoms with van der Waals surface area (Å²) < 4.78 is 28.1. The Hall–Kier alpha value is -0.980. The lowest BCUT2D eigenvalue weighted by molar-refractivity contribution is 0.475. The molecule has 0 bridgehead atoms. The van der Waals surface area contributed by atoms with Crippen LogP contribution in [0.4, 0.5) is 5.69 Å². The SMILES string of the molecule is CC(C)(C)NS(=O)(=O)Nc1ccc(O)cc1Cl. The second-order valence-electron chi connectivity index (χ2n) is 4.62. The van der Waals surface area contributed by atoms with E-state index < -0.39 is 15.7 Å². The summed E-state index contributed by atoms with van der Waals surface area (Å²) in [6.07, 6.45) is 0. The minimum Gasteiger partial charge on any atom is -0.508 e. The molecule has 96 valence electrons. The highest BCUT2D eigenvalue weighted by Gasteiger charge is 2.20. The Balaban J connectivity index is 2.91. The Morgan fingerprint density at radius 3 is 2.35 bits per heavy atom. The van der Waals surface area contributed by atoms with Gasteiger partial charge in [0.05, 0.1) is 10.7 Å². The van der Waals surface area contributed by atoms with E-state index in [-0.39, 0.29) is 16.5 Å². The zero-order valence-corrected chi connectivity index (χ0v) is 11.4. The van der Waals surface area contributed by atoms with Gasteiger partial charge in [-0.25, -0.2) is 0 Å². The van der Waals surface area contributed by atoms with E-state index in [9.17, 15) is 8.42 Å². The van der Waals surface area contributed by atoms with Gasteiger partial charge in [-0.05, 0) is 32.9 Å². The number of phenols is 1. The molecule has 0 heterocycles. The molecule has 1 aromatic rings. The predicted molar refractivity (Wildman–Crippen MR) is 68.5 cm³/mol. The average Bonchev–Trinajstić information content (AvgIpc) is 2.05. The molecular weight excluding hydrogens is 264 g/mol. The van der Waals surface area contributed by atoms with Crippen molar-refractivity contribution >= 4 is 27.5 Å². The quantitative estimate of drug-likeness (QED) is 0.741. The number of phenolic OH excluding ortho intramolecular Hbond substituents is 1. The van der Waals surface area contributed by atoms with Crippen molar-refractivity contribution in [2.24, 2.45) is 0 Å². The van der Waals surface area contributed by atoms with Gasteiger partial charge in [-0.1, -0.05) is 11.6 Å². The molecule has 0 saturated heterocycles. The van der Waals surface area contributed by atoms with E-state index in [4.69, 9.17) is 16.7 Å². The Bertz CT molecular complexity index is 509. The molecule has 1 rings (SSSR count). The zero-order valence-electron chi connectivity index (χ0n) is 9.78. The maximum Gasteiger partial charge on any atom is 0.299 e. The van der Waals surface area contributed by atoms with E-state index in [1.165, 1.54) is 18.2 Å². The summed E-state index contributed by atoms with van der Waals surface area (Å²) >= 11 is 5.79. The second-order valence-corrected chi connectivity index (χ2v) is 6.44. The van der Waals surface area contributed by atoms with E-state index in [0.29, 0.717) is 0 Å². The molecule has 0 fully saturated rings. The van der Waals surface area contributed by atoms with E-state index in [2.05, 4.69) is 9.44 Å². The summed E-state index contributed by atoms with van der Waals surface area (Å²) in [6.45, 7) is 5.18. The van der Waals surface area contributed by atoms with Gasteiger partial charge >= 0.3 is 0 Å². The molecule has 3 N–H and O–H groups in total. The zero-order chi connectivity index (χ0) is 13.3. The third-order valence-electron chi connectivity index (χ3n) is 1.64. The summed E-state index contributed by atoms with van der Waals surface area (Å²) in [5.41, 5.74) is -0.379. The van der Waals surface area contributed by atoms with Crippen LogP contribution in [-0.2, 0) is 10.2 Å². The highest BCUT2D eigenvalue weighted by Crippen LogP contribution is 2.26. The fraction of sp³-hybridized carbons (Fsp3) is 0.400. The molecular formula is C10H15ClN2O3S. The monoisotopic (exact) mass is 278 g/mol. The number of rotatable bonds is 3.